The van der Waals surface area contributed by atoms with Gasteiger partial charge in [0.25, 0.3) is 11.9 Å². The SMILES string of the molecule is Fc1nc(F)c(F)c(N/N=C\c2cnn(Cc3ccccc3)c2)c1F. The predicted molar refractivity (Wildman–Crippen MR) is 83.1 cm³/mol. The molecule has 9 heteroatoms. The first-order chi connectivity index (χ1) is 12.0. The number of benzene rings is 1. The maximum Gasteiger partial charge on any atom is 0.254 e. The summed E-state index contributed by atoms with van der Waals surface area (Å²) in [6.07, 6.45) is 4.34. The second-order valence-corrected chi connectivity index (χ2v) is 5.02. The average Bonchev–Trinajstić information content (AvgIpc) is 3.04. The van der Waals surface area contributed by atoms with Crippen molar-refractivity contribution in [2.45, 2.75) is 6.54 Å². The molecule has 0 amide bonds. The van der Waals surface area contributed by atoms with Crippen molar-refractivity contribution in [1.29, 1.82) is 0 Å². The van der Waals surface area contributed by atoms with Crippen molar-refractivity contribution in [1.82, 2.24) is 14.8 Å². The monoisotopic (exact) mass is 349 g/mol. The van der Waals surface area contributed by atoms with Crippen molar-refractivity contribution < 1.29 is 17.6 Å². The molecule has 0 unspecified atom stereocenters. The normalized spacial score (nSPS) is 11.2. The van der Waals surface area contributed by atoms with Gasteiger partial charge in [-0.25, -0.2) is 0 Å². The molecular weight excluding hydrogens is 338 g/mol. The highest BCUT2D eigenvalue weighted by molar-refractivity contribution is 5.79. The number of halogens is 4. The molecule has 0 aliphatic rings. The lowest BCUT2D eigenvalue weighted by Gasteiger charge is -2.04. The lowest BCUT2D eigenvalue weighted by molar-refractivity contribution is 0.411. The van der Waals surface area contributed by atoms with E-state index in [1.165, 1.54) is 12.4 Å². The molecule has 2 heterocycles. The Morgan fingerprint density at radius 2 is 1.72 bits per heavy atom. The van der Waals surface area contributed by atoms with Gasteiger partial charge in [0.1, 0.15) is 5.69 Å². The molecule has 0 radical (unpaired) electrons. The summed E-state index contributed by atoms with van der Waals surface area (Å²) >= 11 is 0. The smallest absolute Gasteiger partial charge is 0.254 e. The van der Waals surface area contributed by atoms with E-state index in [0.29, 0.717) is 12.1 Å². The zero-order valence-electron chi connectivity index (χ0n) is 12.6. The number of hydrogen-bond acceptors (Lipinski definition) is 4. The van der Waals surface area contributed by atoms with Gasteiger partial charge in [-0.15, -0.1) is 0 Å². The Balaban J connectivity index is 1.70. The first-order valence-corrected chi connectivity index (χ1v) is 7.10. The fraction of sp³-hybridized carbons (Fsp3) is 0.0625. The van der Waals surface area contributed by atoms with Gasteiger partial charge in [-0.05, 0) is 5.56 Å². The second-order valence-electron chi connectivity index (χ2n) is 5.02. The number of rotatable bonds is 5. The largest absolute Gasteiger partial charge is 0.272 e. The van der Waals surface area contributed by atoms with Crippen LogP contribution in [0.2, 0.25) is 0 Å². The van der Waals surface area contributed by atoms with Crippen LogP contribution in [0.3, 0.4) is 0 Å². The summed E-state index contributed by atoms with van der Waals surface area (Å²) in [4.78, 5) is 2.45. The summed E-state index contributed by atoms with van der Waals surface area (Å²) in [6.45, 7) is 0.534. The van der Waals surface area contributed by atoms with Crippen LogP contribution in [0.4, 0.5) is 23.2 Å². The molecule has 0 atom stereocenters. The minimum absolute atomic E-state index is 0.527. The molecule has 0 aliphatic carbocycles. The summed E-state index contributed by atoms with van der Waals surface area (Å²) in [5.41, 5.74) is 2.44. The first-order valence-electron chi connectivity index (χ1n) is 7.10. The van der Waals surface area contributed by atoms with E-state index in [1.54, 1.807) is 10.9 Å². The van der Waals surface area contributed by atoms with Gasteiger partial charge in [0.2, 0.25) is 11.6 Å². The Morgan fingerprint density at radius 1 is 1.04 bits per heavy atom. The summed E-state index contributed by atoms with van der Waals surface area (Å²) < 4.78 is 54.4. The second kappa shape index (κ2) is 7.12. The van der Waals surface area contributed by atoms with Crippen LogP contribution in [0, 0.1) is 23.5 Å². The quantitative estimate of drug-likeness (QED) is 0.333. The molecule has 0 bridgehead atoms. The van der Waals surface area contributed by atoms with Crippen molar-refractivity contribution in [3.05, 3.63) is 77.4 Å². The molecule has 25 heavy (non-hydrogen) atoms. The Labute approximate surface area is 139 Å². The van der Waals surface area contributed by atoms with E-state index in [1.807, 2.05) is 35.8 Å². The number of nitrogens with one attached hydrogen (secondary N) is 1. The molecule has 0 fully saturated rings. The molecule has 1 aromatic carbocycles. The van der Waals surface area contributed by atoms with Gasteiger partial charge in [-0.2, -0.15) is 32.7 Å². The Hall–Kier alpha value is -3.23. The summed E-state index contributed by atoms with van der Waals surface area (Å²) in [7, 11) is 0. The highest BCUT2D eigenvalue weighted by Gasteiger charge is 2.20. The van der Waals surface area contributed by atoms with Crippen LogP contribution in [0.5, 0.6) is 0 Å². The minimum atomic E-state index is -1.76. The van der Waals surface area contributed by atoms with Crippen LogP contribution in [-0.4, -0.2) is 21.0 Å². The molecule has 0 saturated heterocycles. The molecule has 0 aliphatic heterocycles. The standard InChI is InChI=1S/C16H11F4N5/c17-12-14(13(18)16(20)23-15(12)19)24-21-6-11-7-22-25(9-11)8-10-4-2-1-3-5-10/h1-7,9H,8H2,(H,23,24)/b21-6-. The molecule has 5 nitrogen and oxygen atoms in total. The number of hydrazone groups is 1. The average molecular weight is 349 g/mol. The summed E-state index contributed by atoms with van der Waals surface area (Å²) in [6, 6.07) is 9.59. The zero-order chi connectivity index (χ0) is 17.8. The Kier molecular flexibility index (Phi) is 4.73. The number of nitrogens with zero attached hydrogens (tertiary/aromatic N) is 4. The van der Waals surface area contributed by atoms with Gasteiger partial charge < -0.3 is 0 Å². The van der Waals surface area contributed by atoms with Gasteiger partial charge in [-0.1, -0.05) is 30.3 Å². The lowest BCUT2D eigenvalue weighted by Crippen LogP contribution is -2.05. The molecule has 0 saturated carbocycles. The summed E-state index contributed by atoms with van der Waals surface area (Å²) in [5, 5.41) is 7.69. The maximum atomic E-state index is 13.4. The van der Waals surface area contributed by atoms with Gasteiger partial charge >= 0.3 is 0 Å². The highest BCUT2D eigenvalue weighted by atomic mass is 19.2. The fourth-order valence-electron chi connectivity index (χ4n) is 2.06. The maximum absolute atomic E-state index is 13.4. The van der Waals surface area contributed by atoms with E-state index in [4.69, 9.17) is 0 Å². The molecule has 3 aromatic rings. The number of aromatic nitrogens is 3. The van der Waals surface area contributed by atoms with Gasteiger partial charge in [-0.3, -0.25) is 10.1 Å². The van der Waals surface area contributed by atoms with Crippen molar-refractivity contribution in [2.75, 3.05) is 5.43 Å². The Morgan fingerprint density at radius 3 is 2.40 bits per heavy atom. The lowest BCUT2D eigenvalue weighted by atomic mass is 10.2. The number of anilines is 1. The van der Waals surface area contributed by atoms with E-state index >= 15 is 0 Å². The number of hydrogen-bond donors (Lipinski definition) is 1. The Bertz CT molecular complexity index is 882. The summed E-state index contributed by atoms with van der Waals surface area (Å²) in [5.74, 6) is -6.83. The first kappa shape index (κ1) is 16.6. The van der Waals surface area contributed by atoms with Gasteiger partial charge in [0, 0.05) is 11.8 Å². The van der Waals surface area contributed by atoms with Gasteiger partial charge in [0.05, 0.1) is 19.0 Å². The van der Waals surface area contributed by atoms with E-state index in [-0.39, 0.29) is 0 Å². The van der Waals surface area contributed by atoms with E-state index in [0.717, 1.165) is 5.56 Å². The van der Waals surface area contributed by atoms with E-state index < -0.39 is 29.2 Å². The molecular formula is C16H11F4N5. The molecule has 3 rings (SSSR count). The van der Waals surface area contributed by atoms with Crippen LogP contribution in [0.1, 0.15) is 11.1 Å². The molecule has 128 valence electrons. The van der Waals surface area contributed by atoms with Crippen molar-refractivity contribution in [3.63, 3.8) is 0 Å². The van der Waals surface area contributed by atoms with Crippen LogP contribution < -0.4 is 5.43 Å². The van der Waals surface area contributed by atoms with Crippen LogP contribution in [0.25, 0.3) is 0 Å². The van der Waals surface area contributed by atoms with E-state index in [9.17, 15) is 17.6 Å². The molecule has 2 aromatic heterocycles. The highest BCUT2D eigenvalue weighted by Crippen LogP contribution is 2.21. The predicted octanol–water partition coefficient (Wildman–Crippen LogP) is 3.33. The number of pyridine rings is 1. The minimum Gasteiger partial charge on any atom is -0.272 e. The van der Waals surface area contributed by atoms with Gasteiger partial charge in [0.15, 0.2) is 0 Å². The molecule has 1 N–H and O–H groups in total. The third-order valence-corrected chi connectivity index (χ3v) is 3.23. The molecule has 0 spiro atoms. The third kappa shape index (κ3) is 3.82. The van der Waals surface area contributed by atoms with E-state index in [2.05, 4.69) is 15.2 Å². The fourth-order valence-corrected chi connectivity index (χ4v) is 2.06. The zero-order valence-corrected chi connectivity index (χ0v) is 12.6. The van der Waals surface area contributed by atoms with Crippen LogP contribution >= 0.6 is 0 Å². The van der Waals surface area contributed by atoms with Crippen molar-refractivity contribution in [2.24, 2.45) is 5.10 Å². The third-order valence-electron chi connectivity index (χ3n) is 3.23. The van der Waals surface area contributed by atoms with Crippen LogP contribution in [-0.2, 0) is 6.54 Å². The van der Waals surface area contributed by atoms with Crippen molar-refractivity contribution >= 4 is 11.9 Å². The van der Waals surface area contributed by atoms with Crippen molar-refractivity contribution in [3.8, 4) is 0 Å². The van der Waals surface area contributed by atoms with Crippen LogP contribution in [0.15, 0.2) is 47.8 Å². The topological polar surface area (TPSA) is 55.1 Å².